The van der Waals surface area contributed by atoms with Crippen LogP contribution >= 0.6 is 0 Å². The molecular weight excluding hydrogens is 134 g/mol. The van der Waals surface area contributed by atoms with Crippen LogP contribution < -0.4 is 16.2 Å². The van der Waals surface area contributed by atoms with Crippen molar-refractivity contribution in [1.82, 2.24) is 0 Å². The van der Waals surface area contributed by atoms with E-state index >= 15 is 0 Å². The zero-order valence-corrected chi connectivity index (χ0v) is 6.38. The number of rotatable bonds is 1. The second-order valence-corrected chi connectivity index (χ2v) is 2.42. The van der Waals surface area contributed by atoms with Gasteiger partial charge in [-0.15, -0.1) is 0 Å². The maximum atomic E-state index is 5.42. The van der Waals surface area contributed by atoms with Crippen molar-refractivity contribution in [2.75, 3.05) is 0 Å². The molecule has 0 spiro atoms. The summed E-state index contributed by atoms with van der Waals surface area (Å²) < 4.78 is 0. The summed E-state index contributed by atoms with van der Waals surface area (Å²) in [6, 6.07) is 7.79. The molecule has 0 heterocycles. The minimum absolute atomic E-state index is 0.557. The molecule has 1 nitrogen and oxygen atoms in total. The average Bonchev–Trinajstić information content (AvgIpc) is 1.93. The summed E-state index contributed by atoms with van der Waals surface area (Å²) in [4.78, 5) is 0. The van der Waals surface area contributed by atoms with Crippen LogP contribution in [0.25, 0.3) is 12.7 Å². The fourth-order valence-corrected chi connectivity index (χ4v) is 0.875. The lowest BCUT2D eigenvalue weighted by Gasteiger charge is -1.88. The number of allylic oxidation sites excluding steroid dienone is 1. The minimum atomic E-state index is 0.557. The van der Waals surface area contributed by atoms with Crippen molar-refractivity contribution in [3.8, 4) is 0 Å². The second-order valence-electron chi connectivity index (χ2n) is 2.42. The highest BCUT2D eigenvalue weighted by Gasteiger charge is 1.80. The van der Waals surface area contributed by atoms with E-state index in [9.17, 15) is 0 Å². The molecule has 0 unspecified atom stereocenters. The summed E-state index contributed by atoms with van der Waals surface area (Å²) in [6.45, 7) is 7.43. The van der Waals surface area contributed by atoms with Crippen LogP contribution in [0.15, 0.2) is 36.5 Å². The molecule has 0 fully saturated rings. The Kier molecular flexibility index (Phi) is 2.12. The van der Waals surface area contributed by atoms with Gasteiger partial charge < -0.3 is 5.73 Å². The molecule has 1 heteroatoms. The third-order valence-electron chi connectivity index (χ3n) is 1.40. The summed E-state index contributed by atoms with van der Waals surface area (Å²) in [5.74, 6) is 0. The van der Waals surface area contributed by atoms with Gasteiger partial charge in [-0.2, -0.15) is 0 Å². The van der Waals surface area contributed by atoms with Crippen molar-refractivity contribution >= 4 is 12.7 Å². The maximum absolute atomic E-state index is 5.42. The summed E-state index contributed by atoms with van der Waals surface area (Å²) in [7, 11) is 0. The van der Waals surface area contributed by atoms with Crippen molar-refractivity contribution in [2.24, 2.45) is 5.73 Å². The summed E-state index contributed by atoms with van der Waals surface area (Å²) in [6.07, 6.45) is 1.81. The van der Waals surface area contributed by atoms with Gasteiger partial charge in [0.05, 0.1) is 0 Å². The molecule has 0 aromatic heterocycles. The predicted octanol–water partition coefficient (Wildman–Crippen LogP) is 0.350. The first-order valence-corrected chi connectivity index (χ1v) is 3.40. The Morgan fingerprint density at radius 3 is 2.55 bits per heavy atom. The largest absolute Gasteiger partial charge is 0.399 e. The Bertz CT molecular complexity index is 363. The fourth-order valence-electron chi connectivity index (χ4n) is 0.875. The topological polar surface area (TPSA) is 26.0 Å². The van der Waals surface area contributed by atoms with E-state index in [-0.39, 0.29) is 0 Å². The molecule has 1 rings (SSSR count). The number of benzene rings is 1. The Balaban J connectivity index is 3.36. The Morgan fingerprint density at radius 2 is 2.00 bits per heavy atom. The first kappa shape index (κ1) is 7.61. The molecule has 0 atom stereocenters. The lowest BCUT2D eigenvalue weighted by atomic mass is 10.2. The fraction of sp³-hybridized carbons (Fsp3) is 0. The zero-order valence-electron chi connectivity index (χ0n) is 6.38. The van der Waals surface area contributed by atoms with Crippen LogP contribution in [0.4, 0.5) is 0 Å². The van der Waals surface area contributed by atoms with E-state index < -0.39 is 0 Å². The van der Waals surface area contributed by atoms with Crippen molar-refractivity contribution in [3.63, 3.8) is 0 Å². The first-order valence-electron chi connectivity index (χ1n) is 3.40. The van der Waals surface area contributed by atoms with Gasteiger partial charge in [0.2, 0.25) is 0 Å². The van der Waals surface area contributed by atoms with Gasteiger partial charge in [0.1, 0.15) is 0 Å². The normalized spacial score (nSPS) is 11.5. The van der Waals surface area contributed by atoms with Crippen LogP contribution in [0.5, 0.6) is 0 Å². The molecule has 0 radical (unpaired) electrons. The monoisotopic (exact) mass is 145 g/mol. The van der Waals surface area contributed by atoms with Gasteiger partial charge in [-0.25, -0.2) is 0 Å². The number of hydrogen-bond donors (Lipinski definition) is 1. The van der Waals surface area contributed by atoms with Gasteiger partial charge in [-0.3, -0.25) is 0 Å². The molecule has 2 N–H and O–H groups in total. The predicted molar refractivity (Wildman–Crippen MR) is 49.0 cm³/mol. The van der Waals surface area contributed by atoms with Crippen molar-refractivity contribution < 1.29 is 0 Å². The second kappa shape index (κ2) is 3.06. The molecular formula is C10H11N. The van der Waals surface area contributed by atoms with Crippen molar-refractivity contribution in [2.45, 2.75) is 0 Å². The van der Waals surface area contributed by atoms with E-state index in [4.69, 9.17) is 5.73 Å². The highest BCUT2D eigenvalue weighted by Crippen LogP contribution is 1.76. The van der Waals surface area contributed by atoms with Gasteiger partial charge in [0.15, 0.2) is 0 Å². The van der Waals surface area contributed by atoms with Crippen LogP contribution in [0.3, 0.4) is 0 Å². The minimum Gasteiger partial charge on any atom is -0.399 e. The van der Waals surface area contributed by atoms with Crippen LogP contribution in [-0.4, -0.2) is 0 Å². The number of nitrogens with two attached hydrogens (primary N) is 1. The molecule has 0 bridgehead atoms. The molecule has 0 saturated heterocycles. The van der Waals surface area contributed by atoms with Crippen LogP contribution in [-0.2, 0) is 0 Å². The Hall–Kier alpha value is -1.50. The van der Waals surface area contributed by atoms with Gasteiger partial charge >= 0.3 is 0 Å². The SMILES string of the molecule is C=C(N)/C=c1/ccccc1=C. The van der Waals surface area contributed by atoms with Crippen molar-refractivity contribution in [3.05, 3.63) is 47.0 Å². The van der Waals surface area contributed by atoms with E-state index in [2.05, 4.69) is 13.2 Å². The third-order valence-corrected chi connectivity index (χ3v) is 1.40. The van der Waals surface area contributed by atoms with E-state index in [1.807, 2.05) is 30.3 Å². The number of hydrogen-bond acceptors (Lipinski definition) is 1. The molecule has 0 saturated carbocycles. The van der Waals surface area contributed by atoms with Crippen LogP contribution in [0.2, 0.25) is 0 Å². The zero-order chi connectivity index (χ0) is 8.27. The van der Waals surface area contributed by atoms with Crippen LogP contribution in [0.1, 0.15) is 0 Å². The lowest BCUT2D eigenvalue weighted by molar-refractivity contribution is 1.46. The summed E-state index contributed by atoms with van der Waals surface area (Å²) in [5, 5.41) is 2.00. The van der Waals surface area contributed by atoms with E-state index in [0.29, 0.717) is 5.70 Å². The first-order chi connectivity index (χ1) is 5.20. The molecule has 0 amide bonds. The highest BCUT2D eigenvalue weighted by molar-refractivity contribution is 5.42. The lowest BCUT2D eigenvalue weighted by Crippen LogP contribution is -2.22. The maximum Gasteiger partial charge on any atom is 0.0247 e. The van der Waals surface area contributed by atoms with Crippen LogP contribution in [0, 0.1) is 0 Å². The average molecular weight is 145 g/mol. The summed E-state index contributed by atoms with van der Waals surface area (Å²) >= 11 is 0. The Labute approximate surface area is 66.2 Å². The molecule has 56 valence electrons. The van der Waals surface area contributed by atoms with E-state index in [1.54, 1.807) is 0 Å². The standard InChI is InChI=1S/C10H11N/c1-8-5-3-4-6-10(8)7-9(2)11/h3-7H,1-2,11H2/b10-7-. The third kappa shape index (κ3) is 1.97. The highest BCUT2D eigenvalue weighted by atomic mass is 14.5. The van der Waals surface area contributed by atoms with E-state index in [1.165, 1.54) is 0 Å². The van der Waals surface area contributed by atoms with E-state index in [0.717, 1.165) is 10.4 Å². The molecule has 0 aliphatic heterocycles. The molecule has 0 aliphatic carbocycles. The quantitative estimate of drug-likeness (QED) is 0.606. The molecule has 1 aromatic rings. The van der Waals surface area contributed by atoms with Gasteiger partial charge in [-0.05, 0) is 16.5 Å². The molecule has 11 heavy (non-hydrogen) atoms. The molecule has 1 aromatic carbocycles. The van der Waals surface area contributed by atoms with Gasteiger partial charge in [0.25, 0.3) is 0 Å². The van der Waals surface area contributed by atoms with Gasteiger partial charge in [-0.1, -0.05) is 37.4 Å². The smallest absolute Gasteiger partial charge is 0.0247 e. The van der Waals surface area contributed by atoms with Crippen molar-refractivity contribution in [1.29, 1.82) is 0 Å². The summed E-state index contributed by atoms with van der Waals surface area (Å²) in [5.41, 5.74) is 5.97. The Morgan fingerprint density at radius 1 is 1.36 bits per heavy atom. The van der Waals surface area contributed by atoms with Gasteiger partial charge in [0, 0.05) is 5.70 Å². The molecule has 0 aliphatic rings.